The molecule has 0 saturated heterocycles. The molecule has 0 atom stereocenters. The lowest BCUT2D eigenvalue weighted by molar-refractivity contribution is 0.0597. The summed E-state index contributed by atoms with van der Waals surface area (Å²) in [6.07, 6.45) is 3.52. The third-order valence-electron chi connectivity index (χ3n) is 2.44. The quantitative estimate of drug-likeness (QED) is 0.617. The van der Waals surface area contributed by atoms with Gasteiger partial charge in [-0.25, -0.2) is 4.79 Å². The van der Waals surface area contributed by atoms with Crippen LogP contribution in [0.5, 0.6) is 0 Å². The molecule has 0 aliphatic heterocycles. The van der Waals surface area contributed by atoms with Crippen LogP contribution in [0.1, 0.15) is 17.3 Å². The molecule has 0 radical (unpaired) electrons. The van der Waals surface area contributed by atoms with E-state index in [1.165, 1.54) is 7.11 Å². The minimum absolute atomic E-state index is 0.292. The van der Waals surface area contributed by atoms with Crippen LogP contribution in [0.25, 0.3) is 10.8 Å². The molecule has 1 heterocycles. The molecule has 4 heteroatoms. The Labute approximate surface area is 104 Å². The lowest BCUT2D eigenvalue weighted by Crippen LogP contribution is -2.03. The largest absolute Gasteiger partial charge is 0.465 e. The zero-order chi connectivity index (χ0) is 12.3. The SMILES string of the molecule is CCSc1cc2cnccc2cc1C(=O)OC. The van der Waals surface area contributed by atoms with E-state index >= 15 is 0 Å². The average Bonchev–Trinajstić information content (AvgIpc) is 2.37. The zero-order valence-electron chi connectivity index (χ0n) is 9.77. The number of rotatable bonds is 3. The maximum atomic E-state index is 11.7. The van der Waals surface area contributed by atoms with Crippen LogP contribution in [0.15, 0.2) is 35.5 Å². The summed E-state index contributed by atoms with van der Waals surface area (Å²) >= 11 is 1.63. The van der Waals surface area contributed by atoms with Gasteiger partial charge in [0.25, 0.3) is 0 Å². The molecule has 0 aliphatic carbocycles. The number of fused-ring (bicyclic) bond motifs is 1. The zero-order valence-corrected chi connectivity index (χ0v) is 10.6. The van der Waals surface area contributed by atoms with Crippen LogP contribution in [0.4, 0.5) is 0 Å². The Balaban J connectivity index is 2.61. The molecule has 2 rings (SSSR count). The summed E-state index contributed by atoms with van der Waals surface area (Å²) in [7, 11) is 1.40. The molecule has 0 bridgehead atoms. The molecule has 0 saturated carbocycles. The highest BCUT2D eigenvalue weighted by Gasteiger charge is 2.13. The number of carbonyl (C=O) groups excluding carboxylic acids is 1. The summed E-state index contributed by atoms with van der Waals surface area (Å²) in [5.74, 6) is 0.620. The van der Waals surface area contributed by atoms with Gasteiger partial charge in [-0.1, -0.05) is 6.92 Å². The van der Waals surface area contributed by atoms with Crippen molar-refractivity contribution in [3.8, 4) is 0 Å². The van der Waals surface area contributed by atoms with E-state index < -0.39 is 0 Å². The van der Waals surface area contributed by atoms with Gasteiger partial charge in [-0.3, -0.25) is 4.98 Å². The molecule has 1 aromatic heterocycles. The van der Waals surface area contributed by atoms with E-state index in [9.17, 15) is 4.79 Å². The summed E-state index contributed by atoms with van der Waals surface area (Å²) in [4.78, 5) is 16.7. The Kier molecular flexibility index (Phi) is 3.64. The fraction of sp³-hybridized carbons (Fsp3) is 0.231. The minimum atomic E-state index is -0.292. The Hall–Kier alpha value is -1.55. The second-order valence-corrected chi connectivity index (χ2v) is 4.80. The van der Waals surface area contributed by atoms with Crippen molar-refractivity contribution >= 4 is 28.5 Å². The highest BCUT2D eigenvalue weighted by molar-refractivity contribution is 7.99. The molecule has 3 nitrogen and oxygen atoms in total. The molecule has 0 amide bonds. The van der Waals surface area contributed by atoms with Gasteiger partial charge in [0.1, 0.15) is 0 Å². The van der Waals surface area contributed by atoms with E-state index in [1.807, 2.05) is 18.2 Å². The second kappa shape index (κ2) is 5.19. The molecule has 88 valence electrons. The van der Waals surface area contributed by atoms with Crippen molar-refractivity contribution in [3.63, 3.8) is 0 Å². The van der Waals surface area contributed by atoms with E-state index in [0.717, 1.165) is 21.4 Å². The predicted molar refractivity (Wildman–Crippen MR) is 69.5 cm³/mol. The maximum absolute atomic E-state index is 11.7. The van der Waals surface area contributed by atoms with Gasteiger partial charge in [0.15, 0.2) is 0 Å². The number of nitrogens with zero attached hydrogens (tertiary/aromatic N) is 1. The smallest absolute Gasteiger partial charge is 0.339 e. The lowest BCUT2D eigenvalue weighted by atomic mass is 10.1. The van der Waals surface area contributed by atoms with Crippen molar-refractivity contribution in [2.75, 3.05) is 12.9 Å². The van der Waals surface area contributed by atoms with E-state index in [-0.39, 0.29) is 5.97 Å². The lowest BCUT2D eigenvalue weighted by Gasteiger charge is -2.08. The van der Waals surface area contributed by atoms with E-state index in [2.05, 4.69) is 11.9 Å². The number of hydrogen-bond acceptors (Lipinski definition) is 4. The van der Waals surface area contributed by atoms with Crippen molar-refractivity contribution < 1.29 is 9.53 Å². The topological polar surface area (TPSA) is 39.2 Å². The van der Waals surface area contributed by atoms with Gasteiger partial charge in [-0.05, 0) is 29.3 Å². The Morgan fingerprint density at radius 3 is 2.94 bits per heavy atom. The normalized spacial score (nSPS) is 10.5. The molecule has 0 fully saturated rings. The molecular formula is C13H13NO2S. The van der Waals surface area contributed by atoms with Gasteiger partial charge in [0.05, 0.1) is 12.7 Å². The van der Waals surface area contributed by atoms with Crippen molar-refractivity contribution in [1.29, 1.82) is 0 Å². The van der Waals surface area contributed by atoms with Crippen LogP contribution in [-0.2, 0) is 4.74 Å². The van der Waals surface area contributed by atoms with E-state index in [1.54, 1.807) is 24.2 Å². The van der Waals surface area contributed by atoms with Crippen LogP contribution < -0.4 is 0 Å². The first kappa shape index (κ1) is 11.9. The summed E-state index contributed by atoms with van der Waals surface area (Å²) < 4.78 is 4.80. The molecule has 0 aliphatic rings. The fourth-order valence-corrected chi connectivity index (χ4v) is 2.48. The van der Waals surface area contributed by atoms with Crippen LogP contribution >= 0.6 is 11.8 Å². The number of thioether (sulfide) groups is 1. The van der Waals surface area contributed by atoms with Crippen LogP contribution in [0, 0.1) is 0 Å². The minimum Gasteiger partial charge on any atom is -0.465 e. The predicted octanol–water partition coefficient (Wildman–Crippen LogP) is 3.13. The second-order valence-electron chi connectivity index (χ2n) is 3.50. The third-order valence-corrected chi connectivity index (χ3v) is 3.38. The Bertz CT molecular complexity index is 554. The van der Waals surface area contributed by atoms with Gasteiger partial charge in [-0.15, -0.1) is 11.8 Å². The van der Waals surface area contributed by atoms with Crippen LogP contribution in [-0.4, -0.2) is 23.8 Å². The summed E-state index contributed by atoms with van der Waals surface area (Å²) in [6, 6.07) is 5.74. The first-order chi connectivity index (χ1) is 8.26. The summed E-state index contributed by atoms with van der Waals surface area (Å²) in [5.41, 5.74) is 0.623. The number of aromatic nitrogens is 1. The van der Waals surface area contributed by atoms with Crippen molar-refractivity contribution in [2.24, 2.45) is 0 Å². The van der Waals surface area contributed by atoms with Gasteiger partial charge in [-0.2, -0.15) is 0 Å². The van der Waals surface area contributed by atoms with Gasteiger partial charge < -0.3 is 4.74 Å². The van der Waals surface area contributed by atoms with Crippen molar-refractivity contribution in [2.45, 2.75) is 11.8 Å². The van der Waals surface area contributed by atoms with E-state index in [4.69, 9.17) is 4.74 Å². The van der Waals surface area contributed by atoms with Crippen molar-refractivity contribution in [3.05, 3.63) is 36.2 Å². The number of benzene rings is 1. The molecular weight excluding hydrogens is 234 g/mol. The number of pyridine rings is 1. The first-order valence-corrected chi connectivity index (χ1v) is 6.33. The molecule has 2 aromatic rings. The number of ether oxygens (including phenoxy) is 1. The molecule has 0 N–H and O–H groups in total. The van der Waals surface area contributed by atoms with Gasteiger partial charge in [0, 0.05) is 22.7 Å². The van der Waals surface area contributed by atoms with Crippen LogP contribution in [0.2, 0.25) is 0 Å². The maximum Gasteiger partial charge on any atom is 0.339 e. The molecule has 1 aromatic carbocycles. The Morgan fingerprint density at radius 1 is 1.41 bits per heavy atom. The van der Waals surface area contributed by atoms with Crippen LogP contribution in [0.3, 0.4) is 0 Å². The number of methoxy groups -OCH3 is 1. The summed E-state index contributed by atoms with van der Waals surface area (Å²) in [5, 5.41) is 2.04. The molecule has 0 unspecified atom stereocenters. The first-order valence-electron chi connectivity index (χ1n) is 5.35. The highest BCUT2D eigenvalue weighted by atomic mass is 32.2. The third kappa shape index (κ3) is 2.42. The van der Waals surface area contributed by atoms with Gasteiger partial charge in [0.2, 0.25) is 0 Å². The van der Waals surface area contributed by atoms with Crippen molar-refractivity contribution in [1.82, 2.24) is 4.98 Å². The molecule has 0 spiro atoms. The average molecular weight is 247 g/mol. The fourth-order valence-electron chi connectivity index (χ4n) is 1.66. The summed E-state index contributed by atoms with van der Waals surface area (Å²) in [6.45, 7) is 2.05. The molecule has 17 heavy (non-hydrogen) atoms. The van der Waals surface area contributed by atoms with Gasteiger partial charge >= 0.3 is 5.97 Å². The number of hydrogen-bond donors (Lipinski definition) is 0. The number of esters is 1. The monoisotopic (exact) mass is 247 g/mol. The van der Waals surface area contributed by atoms with E-state index in [0.29, 0.717) is 5.56 Å². The Morgan fingerprint density at radius 2 is 2.24 bits per heavy atom. The standard InChI is InChI=1S/C13H13NO2S/c1-3-17-12-7-10-8-14-5-4-9(10)6-11(12)13(15)16-2/h4-8H,3H2,1-2H3. The highest BCUT2D eigenvalue weighted by Crippen LogP contribution is 2.28. The number of carbonyl (C=O) groups is 1.